The van der Waals surface area contributed by atoms with Gasteiger partial charge in [-0.2, -0.15) is 0 Å². The van der Waals surface area contributed by atoms with E-state index in [9.17, 15) is 13.2 Å². The summed E-state index contributed by atoms with van der Waals surface area (Å²) in [5.41, 5.74) is 0.526. The highest BCUT2D eigenvalue weighted by atomic mass is 32.2. The van der Waals surface area contributed by atoms with Gasteiger partial charge >= 0.3 is 0 Å². The van der Waals surface area contributed by atoms with Crippen molar-refractivity contribution in [2.24, 2.45) is 0 Å². The van der Waals surface area contributed by atoms with Crippen LogP contribution in [0, 0.1) is 6.92 Å². The molecular formula is C15H15N3O5S. The predicted molar refractivity (Wildman–Crippen MR) is 83.8 cm³/mol. The SMILES string of the molecule is Cc1ccc(CNC(=O)CCS(=O)(=O)c2cccc3nonc23)o1. The molecule has 0 radical (unpaired) electrons. The zero-order valence-electron chi connectivity index (χ0n) is 12.9. The summed E-state index contributed by atoms with van der Waals surface area (Å²) in [6.45, 7) is 2.02. The number of aromatic nitrogens is 2. The lowest BCUT2D eigenvalue weighted by Crippen LogP contribution is -2.25. The Morgan fingerprint density at radius 3 is 2.79 bits per heavy atom. The van der Waals surface area contributed by atoms with Crippen LogP contribution in [0.25, 0.3) is 11.0 Å². The van der Waals surface area contributed by atoms with E-state index in [1.165, 1.54) is 6.07 Å². The summed E-state index contributed by atoms with van der Waals surface area (Å²) < 4.78 is 34.7. The number of fused-ring (bicyclic) bond motifs is 1. The number of nitrogens with one attached hydrogen (secondary N) is 1. The lowest BCUT2D eigenvalue weighted by molar-refractivity contribution is -0.120. The highest BCUT2D eigenvalue weighted by Crippen LogP contribution is 2.21. The van der Waals surface area contributed by atoms with Crippen LogP contribution in [0.3, 0.4) is 0 Å². The Bertz CT molecular complexity index is 974. The summed E-state index contributed by atoms with van der Waals surface area (Å²) in [6, 6.07) is 8.12. The molecular weight excluding hydrogens is 334 g/mol. The molecule has 9 heteroatoms. The molecule has 0 spiro atoms. The van der Waals surface area contributed by atoms with Crippen LogP contribution in [0.15, 0.2) is 44.3 Å². The maximum atomic E-state index is 12.4. The molecule has 2 heterocycles. The van der Waals surface area contributed by atoms with E-state index in [0.717, 1.165) is 5.76 Å². The lowest BCUT2D eigenvalue weighted by Gasteiger charge is -2.05. The number of rotatable bonds is 6. The second-order valence-electron chi connectivity index (χ2n) is 5.25. The van der Waals surface area contributed by atoms with Crippen molar-refractivity contribution in [3.8, 4) is 0 Å². The smallest absolute Gasteiger partial charge is 0.221 e. The molecule has 126 valence electrons. The van der Waals surface area contributed by atoms with Gasteiger partial charge in [-0.1, -0.05) is 6.07 Å². The Kier molecular flexibility index (Phi) is 4.34. The minimum atomic E-state index is -3.68. The van der Waals surface area contributed by atoms with E-state index >= 15 is 0 Å². The van der Waals surface area contributed by atoms with Crippen molar-refractivity contribution in [1.29, 1.82) is 0 Å². The predicted octanol–water partition coefficient (Wildman–Crippen LogP) is 1.60. The van der Waals surface area contributed by atoms with Crippen molar-refractivity contribution in [1.82, 2.24) is 15.6 Å². The van der Waals surface area contributed by atoms with Crippen molar-refractivity contribution in [2.45, 2.75) is 24.8 Å². The summed E-state index contributed by atoms with van der Waals surface area (Å²) in [6.07, 6.45) is -0.163. The Balaban J connectivity index is 1.62. The largest absolute Gasteiger partial charge is 0.465 e. The van der Waals surface area contributed by atoms with E-state index in [0.29, 0.717) is 11.3 Å². The average Bonchev–Trinajstić information content (AvgIpc) is 3.19. The zero-order chi connectivity index (χ0) is 17.2. The molecule has 3 aromatic rings. The van der Waals surface area contributed by atoms with Crippen molar-refractivity contribution >= 4 is 26.8 Å². The quantitative estimate of drug-likeness (QED) is 0.718. The van der Waals surface area contributed by atoms with Crippen LogP contribution in [0.2, 0.25) is 0 Å². The van der Waals surface area contributed by atoms with Crippen LogP contribution in [-0.2, 0) is 21.2 Å². The highest BCUT2D eigenvalue weighted by molar-refractivity contribution is 7.91. The summed E-state index contributed by atoms with van der Waals surface area (Å²) in [5, 5.41) is 9.85. The normalized spacial score (nSPS) is 11.7. The third-order valence-corrected chi connectivity index (χ3v) is 5.18. The van der Waals surface area contributed by atoms with Gasteiger partial charge in [0.25, 0.3) is 0 Å². The van der Waals surface area contributed by atoms with Gasteiger partial charge in [0.15, 0.2) is 15.4 Å². The summed E-state index contributed by atoms with van der Waals surface area (Å²) >= 11 is 0. The first-order valence-electron chi connectivity index (χ1n) is 7.22. The Hall–Kier alpha value is -2.68. The monoisotopic (exact) mass is 349 g/mol. The van der Waals surface area contributed by atoms with Crippen LogP contribution < -0.4 is 5.32 Å². The molecule has 1 amide bonds. The second kappa shape index (κ2) is 6.44. The van der Waals surface area contributed by atoms with Gasteiger partial charge in [-0.05, 0) is 41.5 Å². The fourth-order valence-electron chi connectivity index (χ4n) is 2.22. The van der Waals surface area contributed by atoms with Crippen LogP contribution in [0.4, 0.5) is 0 Å². The van der Waals surface area contributed by atoms with E-state index in [2.05, 4.69) is 20.3 Å². The minimum absolute atomic E-state index is 0.00992. The number of hydrogen-bond acceptors (Lipinski definition) is 7. The van der Waals surface area contributed by atoms with Gasteiger partial charge in [0, 0.05) is 6.42 Å². The van der Waals surface area contributed by atoms with Crippen molar-refractivity contribution in [3.05, 3.63) is 41.9 Å². The molecule has 0 aliphatic rings. The second-order valence-corrected chi connectivity index (χ2v) is 7.32. The van der Waals surface area contributed by atoms with Crippen LogP contribution in [0.5, 0.6) is 0 Å². The lowest BCUT2D eigenvalue weighted by atomic mass is 10.3. The molecule has 0 unspecified atom stereocenters. The number of hydrogen-bond donors (Lipinski definition) is 1. The van der Waals surface area contributed by atoms with Crippen molar-refractivity contribution in [2.75, 3.05) is 5.75 Å². The Labute approximate surface area is 137 Å². The van der Waals surface area contributed by atoms with E-state index in [4.69, 9.17) is 4.42 Å². The molecule has 0 aliphatic heterocycles. The van der Waals surface area contributed by atoms with Crippen LogP contribution in [0.1, 0.15) is 17.9 Å². The molecule has 0 saturated heterocycles. The fourth-order valence-corrected chi connectivity index (χ4v) is 3.62. The number of benzene rings is 1. The number of furan rings is 1. The summed E-state index contributed by atoms with van der Waals surface area (Å²) in [5.74, 6) is 0.651. The molecule has 3 rings (SSSR count). The van der Waals surface area contributed by atoms with E-state index < -0.39 is 9.84 Å². The van der Waals surface area contributed by atoms with Crippen LogP contribution in [-0.4, -0.2) is 30.4 Å². The number of carbonyl (C=O) groups is 1. The first-order chi connectivity index (χ1) is 11.5. The standard InChI is InChI=1S/C15H15N3O5S/c1-10-5-6-11(22-10)9-16-14(19)7-8-24(20,21)13-4-2-3-12-15(13)18-23-17-12/h2-6H,7-9H2,1H3,(H,16,19). The molecule has 0 atom stereocenters. The molecule has 2 aromatic heterocycles. The Morgan fingerprint density at radius 2 is 2.04 bits per heavy atom. The maximum Gasteiger partial charge on any atom is 0.221 e. The summed E-state index contributed by atoms with van der Waals surface area (Å²) in [7, 11) is -3.68. The molecule has 8 nitrogen and oxygen atoms in total. The van der Waals surface area contributed by atoms with E-state index in [-0.39, 0.29) is 35.0 Å². The number of sulfone groups is 1. The van der Waals surface area contributed by atoms with Crippen LogP contribution >= 0.6 is 0 Å². The molecule has 0 fully saturated rings. The first-order valence-corrected chi connectivity index (χ1v) is 8.87. The van der Waals surface area contributed by atoms with Gasteiger partial charge in [-0.3, -0.25) is 4.79 Å². The van der Waals surface area contributed by atoms with Gasteiger partial charge in [0.1, 0.15) is 17.0 Å². The fraction of sp³-hybridized carbons (Fsp3) is 0.267. The van der Waals surface area contributed by atoms with E-state index in [1.807, 2.05) is 0 Å². The Morgan fingerprint density at radius 1 is 1.21 bits per heavy atom. The average molecular weight is 349 g/mol. The molecule has 1 aromatic carbocycles. The molecule has 0 bridgehead atoms. The number of carbonyl (C=O) groups excluding carboxylic acids is 1. The molecule has 1 N–H and O–H groups in total. The number of amides is 1. The number of nitrogens with zero attached hydrogens (tertiary/aromatic N) is 2. The third kappa shape index (κ3) is 3.46. The molecule has 0 aliphatic carbocycles. The molecule has 0 saturated carbocycles. The van der Waals surface area contributed by atoms with Gasteiger partial charge < -0.3 is 9.73 Å². The summed E-state index contributed by atoms with van der Waals surface area (Å²) in [4.78, 5) is 11.9. The third-order valence-electron chi connectivity index (χ3n) is 3.44. The molecule has 24 heavy (non-hydrogen) atoms. The van der Waals surface area contributed by atoms with Crippen molar-refractivity contribution in [3.63, 3.8) is 0 Å². The van der Waals surface area contributed by atoms with Crippen molar-refractivity contribution < 1.29 is 22.3 Å². The van der Waals surface area contributed by atoms with Gasteiger partial charge in [0.2, 0.25) is 5.91 Å². The highest BCUT2D eigenvalue weighted by Gasteiger charge is 2.21. The van der Waals surface area contributed by atoms with Gasteiger partial charge in [0.05, 0.1) is 17.2 Å². The minimum Gasteiger partial charge on any atom is -0.465 e. The van der Waals surface area contributed by atoms with E-state index in [1.54, 1.807) is 31.2 Å². The topological polar surface area (TPSA) is 115 Å². The van der Waals surface area contributed by atoms with Gasteiger partial charge in [-0.25, -0.2) is 13.0 Å². The maximum absolute atomic E-state index is 12.4. The zero-order valence-corrected chi connectivity index (χ0v) is 13.7. The van der Waals surface area contributed by atoms with Gasteiger partial charge in [-0.15, -0.1) is 0 Å². The number of aryl methyl sites for hydroxylation is 1. The first kappa shape index (κ1) is 16.2.